The highest BCUT2D eigenvalue weighted by molar-refractivity contribution is 5.85. The third-order valence-corrected chi connectivity index (χ3v) is 4.26. The van der Waals surface area contributed by atoms with E-state index < -0.39 is 0 Å². The van der Waals surface area contributed by atoms with Gasteiger partial charge in [-0.15, -0.1) is 12.4 Å². The monoisotopic (exact) mass is 272 g/mol. The van der Waals surface area contributed by atoms with Gasteiger partial charge in [0.15, 0.2) is 0 Å². The highest BCUT2D eigenvalue weighted by Crippen LogP contribution is 2.35. The second kappa shape index (κ2) is 7.15. The first-order valence-corrected chi connectivity index (χ1v) is 6.87. The number of carbonyl (C=O) groups is 1. The number of unbranched alkanes of at least 4 members (excludes halogenated alkanes) is 1. The summed E-state index contributed by atoms with van der Waals surface area (Å²) in [6, 6.07) is 0.349. The van der Waals surface area contributed by atoms with Crippen molar-refractivity contribution in [2.75, 3.05) is 13.1 Å². The molecule has 0 spiro atoms. The summed E-state index contributed by atoms with van der Waals surface area (Å²) in [5.74, 6) is 1.46. The Morgan fingerprint density at radius 2 is 1.94 bits per heavy atom. The maximum atomic E-state index is 12.0. The van der Waals surface area contributed by atoms with Crippen LogP contribution in [0, 0.1) is 11.8 Å². The van der Waals surface area contributed by atoms with E-state index in [1.165, 1.54) is 12.8 Å². The molecule has 0 radical (unpaired) electrons. The number of piperidine rings is 1. The SMILES string of the molecule is C/C=C/CCCC(=O)N1C[C@H]2CC[C@@H](C1)C2N.Cl. The van der Waals surface area contributed by atoms with Crippen LogP contribution < -0.4 is 5.73 Å². The Morgan fingerprint density at radius 3 is 2.50 bits per heavy atom. The van der Waals surface area contributed by atoms with E-state index in [0.717, 1.165) is 25.9 Å². The number of amides is 1. The van der Waals surface area contributed by atoms with Crippen LogP contribution in [0.25, 0.3) is 0 Å². The molecular formula is C14H25ClN2O. The predicted octanol–water partition coefficient (Wildman–Crippen LogP) is 2.35. The first-order chi connectivity index (χ1) is 8.22. The molecule has 1 heterocycles. The minimum atomic E-state index is 0. The lowest BCUT2D eigenvalue weighted by Gasteiger charge is -2.36. The van der Waals surface area contributed by atoms with Crippen molar-refractivity contribution < 1.29 is 4.79 Å². The van der Waals surface area contributed by atoms with Crippen LogP contribution in [0.3, 0.4) is 0 Å². The Hall–Kier alpha value is -0.540. The van der Waals surface area contributed by atoms with Crippen LogP contribution in [-0.2, 0) is 4.79 Å². The van der Waals surface area contributed by atoms with Gasteiger partial charge in [-0.2, -0.15) is 0 Å². The van der Waals surface area contributed by atoms with Gasteiger partial charge in [0.2, 0.25) is 5.91 Å². The van der Waals surface area contributed by atoms with Gasteiger partial charge in [-0.25, -0.2) is 0 Å². The number of likely N-dealkylation sites (tertiary alicyclic amines) is 1. The fraction of sp³-hybridized carbons (Fsp3) is 0.786. The summed E-state index contributed by atoms with van der Waals surface area (Å²) in [6.07, 6.45) is 9.29. The van der Waals surface area contributed by atoms with Crippen molar-refractivity contribution in [3.63, 3.8) is 0 Å². The molecule has 1 saturated heterocycles. The number of hydrogen-bond donors (Lipinski definition) is 1. The highest BCUT2D eigenvalue weighted by Gasteiger charge is 2.40. The van der Waals surface area contributed by atoms with Gasteiger partial charge in [-0.1, -0.05) is 12.2 Å². The van der Waals surface area contributed by atoms with E-state index in [4.69, 9.17) is 5.73 Å². The summed E-state index contributed by atoms with van der Waals surface area (Å²) >= 11 is 0. The molecule has 2 bridgehead atoms. The number of nitrogens with two attached hydrogens (primary N) is 1. The topological polar surface area (TPSA) is 46.3 Å². The minimum absolute atomic E-state index is 0. The zero-order valence-corrected chi connectivity index (χ0v) is 12.0. The Kier molecular flexibility index (Phi) is 6.16. The third kappa shape index (κ3) is 3.48. The summed E-state index contributed by atoms with van der Waals surface area (Å²) in [5, 5.41) is 0. The van der Waals surface area contributed by atoms with Crippen LogP contribution in [0.1, 0.15) is 39.0 Å². The molecule has 0 aromatic carbocycles. The van der Waals surface area contributed by atoms with Crippen molar-refractivity contribution in [3.8, 4) is 0 Å². The molecule has 1 saturated carbocycles. The van der Waals surface area contributed by atoms with Crippen molar-refractivity contribution in [1.82, 2.24) is 4.90 Å². The molecule has 4 heteroatoms. The summed E-state index contributed by atoms with van der Waals surface area (Å²) in [5.41, 5.74) is 6.14. The molecule has 104 valence electrons. The summed E-state index contributed by atoms with van der Waals surface area (Å²) in [7, 11) is 0. The van der Waals surface area contributed by atoms with Crippen LogP contribution in [-0.4, -0.2) is 29.9 Å². The van der Waals surface area contributed by atoms with Crippen molar-refractivity contribution in [2.45, 2.75) is 45.1 Å². The molecule has 0 aromatic heterocycles. The first-order valence-electron chi connectivity index (χ1n) is 6.87. The van der Waals surface area contributed by atoms with Crippen molar-refractivity contribution >= 4 is 18.3 Å². The van der Waals surface area contributed by atoms with E-state index in [2.05, 4.69) is 11.0 Å². The normalized spacial score (nSPS) is 30.6. The molecule has 2 N–H and O–H groups in total. The van der Waals surface area contributed by atoms with Gasteiger partial charge < -0.3 is 10.6 Å². The van der Waals surface area contributed by atoms with Gasteiger partial charge in [-0.05, 0) is 44.4 Å². The zero-order valence-electron chi connectivity index (χ0n) is 11.2. The molecule has 1 amide bonds. The molecule has 0 aromatic rings. The van der Waals surface area contributed by atoms with E-state index in [0.29, 0.717) is 30.2 Å². The van der Waals surface area contributed by atoms with Crippen molar-refractivity contribution in [2.24, 2.45) is 17.6 Å². The summed E-state index contributed by atoms with van der Waals surface area (Å²) in [4.78, 5) is 14.1. The zero-order chi connectivity index (χ0) is 12.3. The van der Waals surface area contributed by atoms with Crippen LogP contribution in [0.4, 0.5) is 0 Å². The Bertz CT molecular complexity index is 292. The number of fused-ring (bicyclic) bond motifs is 2. The largest absolute Gasteiger partial charge is 0.342 e. The Labute approximate surface area is 116 Å². The lowest BCUT2D eigenvalue weighted by atomic mass is 9.93. The molecule has 2 aliphatic rings. The van der Waals surface area contributed by atoms with E-state index in [1.54, 1.807) is 0 Å². The number of hydrogen-bond acceptors (Lipinski definition) is 2. The average molecular weight is 273 g/mol. The van der Waals surface area contributed by atoms with Crippen LogP contribution >= 0.6 is 12.4 Å². The molecule has 18 heavy (non-hydrogen) atoms. The minimum Gasteiger partial charge on any atom is -0.342 e. The Balaban J connectivity index is 0.00000162. The van der Waals surface area contributed by atoms with Crippen LogP contribution in [0.5, 0.6) is 0 Å². The predicted molar refractivity (Wildman–Crippen MR) is 76.7 cm³/mol. The van der Waals surface area contributed by atoms with E-state index in [1.807, 2.05) is 13.0 Å². The fourth-order valence-electron chi connectivity index (χ4n) is 3.16. The molecule has 1 aliphatic heterocycles. The van der Waals surface area contributed by atoms with Crippen molar-refractivity contribution in [3.05, 3.63) is 12.2 Å². The molecule has 3 nitrogen and oxygen atoms in total. The number of nitrogens with zero attached hydrogens (tertiary/aromatic N) is 1. The molecule has 3 atom stereocenters. The number of rotatable bonds is 4. The second-order valence-electron chi connectivity index (χ2n) is 5.43. The van der Waals surface area contributed by atoms with Crippen LogP contribution in [0.2, 0.25) is 0 Å². The van der Waals surface area contributed by atoms with Gasteiger partial charge in [0.1, 0.15) is 0 Å². The number of allylic oxidation sites excluding steroid dienone is 2. The van der Waals surface area contributed by atoms with Gasteiger partial charge in [0.05, 0.1) is 0 Å². The third-order valence-electron chi connectivity index (χ3n) is 4.26. The molecule has 2 rings (SSSR count). The van der Waals surface area contributed by atoms with Crippen LogP contribution in [0.15, 0.2) is 12.2 Å². The van der Waals surface area contributed by atoms with Gasteiger partial charge >= 0.3 is 0 Å². The lowest BCUT2D eigenvalue weighted by Crippen LogP contribution is -2.50. The summed E-state index contributed by atoms with van der Waals surface area (Å²) in [6.45, 7) is 3.83. The molecular weight excluding hydrogens is 248 g/mol. The van der Waals surface area contributed by atoms with Crippen molar-refractivity contribution in [1.29, 1.82) is 0 Å². The van der Waals surface area contributed by atoms with E-state index in [-0.39, 0.29) is 12.4 Å². The highest BCUT2D eigenvalue weighted by atomic mass is 35.5. The lowest BCUT2D eigenvalue weighted by molar-refractivity contribution is -0.133. The van der Waals surface area contributed by atoms with E-state index >= 15 is 0 Å². The second-order valence-corrected chi connectivity index (χ2v) is 5.43. The standard InChI is InChI=1S/C14H24N2O.ClH/c1-2-3-4-5-6-13(17)16-9-11-7-8-12(10-16)14(11)15;/h2-3,11-12,14H,4-10,15H2,1H3;1H/b3-2+;/t11-,12+,14?;. The van der Waals surface area contributed by atoms with Gasteiger partial charge in [0, 0.05) is 25.6 Å². The maximum Gasteiger partial charge on any atom is 0.222 e. The Morgan fingerprint density at radius 1 is 1.33 bits per heavy atom. The molecule has 1 unspecified atom stereocenters. The van der Waals surface area contributed by atoms with Gasteiger partial charge in [0.25, 0.3) is 0 Å². The number of carbonyl (C=O) groups excluding carboxylic acids is 1. The maximum absolute atomic E-state index is 12.0. The summed E-state index contributed by atoms with van der Waals surface area (Å²) < 4.78 is 0. The first kappa shape index (κ1) is 15.5. The fourth-order valence-corrected chi connectivity index (χ4v) is 3.16. The van der Waals surface area contributed by atoms with Gasteiger partial charge in [-0.3, -0.25) is 4.79 Å². The molecule has 1 aliphatic carbocycles. The van der Waals surface area contributed by atoms with E-state index in [9.17, 15) is 4.79 Å². The average Bonchev–Trinajstić information content (AvgIpc) is 2.57. The quantitative estimate of drug-likeness (QED) is 0.631. The smallest absolute Gasteiger partial charge is 0.222 e. The molecule has 2 fully saturated rings. The number of halogens is 1.